The predicted octanol–water partition coefficient (Wildman–Crippen LogP) is 3.96. The zero-order chi connectivity index (χ0) is 24.5. The molecule has 1 unspecified atom stereocenters. The average molecular weight is 464 g/mol. The summed E-state index contributed by atoms with van der Waals surface area (Å²) < 4.78 is 5.53. The van der Waals surface area contributed by atoms with Crippen molar-refractivity contribution in [3.63, 3.8) is 0 Å². The maximum absolute atomic E-state index is 12.8. The molecule has 0 saturated carbocycles. The molecule has 1 aliphatic carbocycles. The van der Waals surface area contributed by atoms with Gasteiger partial charge in [-0.05, 0) is 41.5 Å². The van der Waals surface area contributed by atoms with E-state index < -0.39 is 30.1 Å². The number of alkyl carbamates (subject to hydrolysis) is 1. The number of aliphatic carboxylic acids is 1. The second-order valence-corrected chi connectivity index (χ2v) is 8.28. The molecule has 2 atom stereocenters. The third-order valence-electron chi connectivity index (χ3n) is 5.99. The Morgan fingerprint density at radius 2 is 1.68 bits per heavy atom. The third kappa shape index (κ3) is 6.13. The van der Waals surface area contributed by atoms with E-state index >= 15 is 0 Å². The number of ether oxygens (including phenoxy) is 1. The first-order valence-corrected chi connectivity index (χ1v) is 11.4. The fourth-order valence-electron chi connectivity index (χ4n) is 4.25. The summed E-state index contributed by atoms with van der Waals surface area (Å²) in [4.78, 5) is 36.4. The maximum Gasteiger partial charge on any atom is 0.407 e. The van der Waals surface area contributed by atoms with Gasteiger partial charge < -0.3 is 20.5 Å². The lowest BCUT2D eigenvalue weighted by Crippen LogP contribution is -2.50. The lowest BCUT2D eigenvalue weighted by molar-refractivity contribution is -0.137. The summed E-state index contributed by atoms with van der Waals surface area (Å²) in [7, 11) is 0. The van der Waals surface area contributed by atoms with Crippen LogP contribution in [-0.4, -0.2) is 41.8 Å². The van der Waals surface area contributed by atoms with Gasteiger partial charge in [-0.15, -0.1) is 0 Å². The standard InChI is InChI=1S/C26H29N3O5/c1-2-17(15-24(30)31)28-25(32)23(13-7-8-14-27)29-26(33)34-16-22-20-11-5-3-9-18(20)19-10-4-6-12-21(19)22/h3-6,9-12,17,22-23H,2,7-8,13,15-16H2,1H3,(H,28,32)(H,29,33)(H,30,31)/t17-,23?/m0/s1. The minimum absolute atomic E-state index is 0.107. The van der Waals surface area contributed by atoms with Crippen molar-refractivity contribution in [2.24, 2.45) is 0 Å². The molecule has 0 saturated heterocycles. The quantitative estimate of drug-likeness (QED) is 0.433. The van der Waals surface area contributed by atoms with Gasteiger partial charge in [-0.1, -0.05) is 55.5 Å². The molecule has 8 nitrogen and oxygen atoms in total. The first-order valence-electron chi connectivity index (χ1n) is 11.4. The molecule has 0 bridgehead atoms. The number of hydrogen-bond donors (Lipinski definition) is 3. The minimum Gasteiger partial charge on any atom is -0.481 e. The van der Waals surface area contributed by atoms with Crippen LogP contribution in [0.2, 0.25) is 0 Å². The fourth-order valence-corrected chi connectivity index (χ4v) is 4.25. The van der Waals surface area contributed by atoms with Gasteiger partial charge in [0.15, 0.2) is 0 Å². The molecule has 3 N–H and O–H groups in total. The summed E-state index contributed by atoms with van der Waals surface area (Å²) in [5.41, 5.74) is 4.40. The molecule has 0 aromatic heterocycles. The number of carbonyl (C=O) groups excluding carboxylic acids is 2. The highest BCUT2D eigenvalue weighted by Gasteiger charge is 2.30. The number of nitrogens with one attached hydrogen (secondary N) is 2. The number of unbranched alkanes of at least 4 members (excludes halogenated alkanes) is 1. The van der Waals surface area contributed by atoms with Gasteiger partial charge in [-0.25, -0.2) is 4.79 Å². The van der Waals surface area contributed by atoms with Gasteiger partial charge in [-0.3, -0.25) is 9.59 Å². The summed E-state index contributed by atoms with van der Waals surface area (Å²) in [5.74, 6) is -1.61. The zero-order valence-electron chi connectivity index (χ0n) is 19.1. The number of fused-ring (bicyclic) bond motifs is 3. The highest BCUT2D eigenvalue weighted by molar-refractivity contribution is 5.86. The molecule has 178 valence electrons. The normalized spacial score (nSPS) is 13.6. The van der Waals surface area contributed by atoms with Crippen molar-refractivity contribution >= 4 is 18.0 Å². The van der Waals surface area contributed by atoms with Gasteiger partial charge in [-0.2, -0.15) is 5.26 Å². The lowest BCUT2D eigenvalue weighted by Gasteiger charge is -2.22. The van der Waals surface area contributed by atoms with Gasteiger partial charge in [0.1, 0.15) is 12.6 Å². The summed E-state index contributed by atoms with van der Waals surface area (Å²) in [6, 6.07) is 16.5. The van der Waals surface area contributed by atoms with Crippen molar-refractivity contribution in [1.82, 2.24) is 10.6 Å². The molecule has 1 aliphatic rings. The number of hydrogen-bond acceptors (Lipinski definition) is 5. The number of benzene rings is 2. The van der Waals surface area contributed by atoms with E-state index in [1.165, 1.54) is 0 Å². The molecule has 0 aliphatic heterocycles. The van der Waals surface area contributed by atoms with Crippen LogP contribution in [0.1, 0.15) is 56.1 Å². The van der Waals surface area contributed by atoms with E-state index in [2.05, 4.69) is 10.6 Å². The first kappa shape index (κ1) is 24.8. The summed E-state index contributed by atoms with van der Waals surface area (Å²) in [6.45, 7) is 1.89. The Balaban J connectivity index is 1.65. The largest absolute Gasteiger partial charge is 0.481 e. The van der Waals surface area contributed by atoms with Gasteiger partial charge in [0, 0.05) is 18.4 Å². The average Bonchev–Trinajstić information content (AvgIpc) is 3.15. The van der Waals surface area contributed by atoms with Crippen LogP contribution in [0.5, 0.6) is 0 Å². The molecule has 8 heteroatoms. The van der Waals surface area contributed by atoms with E-state index in [4.69, 9.17) is 15.1 Å². The molecule has 2 aromatic carbocycles. The topological polar surface area (TPSA) is 129 Å². The van der Waals surface area contributed by atoms with Crippen LogP contribution < -0.4 is 10.6 Å². The summed E-state index contributed by atoms with van der Waals surface area (Å²) in [6.07, 6.45) is 0.389. The number of carbonyl (C=O) groups is 3. The first-order chi connectivity index (χ1) is 16.4. The van der Waals surface area contributed by atoms with Crippen molar-refractivity contribution in [3.8, 4) is 17.2 Å². The van der Waals surface area contributed by atoms with E-state index in [9.17, 15) is 14.4 Å². The lowest BCUT2D eigenvalue weighted by atomic mass is 9.98. The Morgan fingerprint density at radius 3 is 2.24 bits per heavy atom. The maximum atomic E-state index is 12.8. The molecule has 0 heterocycles. The predicted molar refractivity (Wildman–Crippen MR) is 126 cm³/mol. The van der Waals surface area contributed by atoms with Crippen molar-refractivity contribution < 1.29 is 24.2 Å². The van der Waals surface area contributed by atoms with E-state index in [-0.39, 0.29) is 31.8 Å². The molecule has 0 fully saturated rings. The fraction of sp³-hybridized carbons (Fsp3) is 0.385. The number of rotatable bonds is 11. The number of nitrogens with zero attached hydrogens (tertiary/aromatic N) is 1. The minimum atomic E-state index is -1.02. The number of nitriles is 1. The van der Waals surface area contributed by atoms with Crippen molar-refractivity contribution in [3.05, 3.63) is 59.7 Å². The molecular formula is C26H29N3O5. The third-order valence-corrected chi connectivity index (χ3v) is 5.99. The molecule has 0 spiro atoms. The molecule has 3 rings (SSSR count). The number of carboxylic acids is 1. The van der Waals surface area contributed by atoms with Crippen molar-refractivity contribution in [1.29, 1.82) is 5.26 Å². The summed E-state index contributed by atoms with van der Waals surface area (Å²) >= 11 is 0. The molecule has 2 aromatic rings. The van der Waals surface area contributed by atoms with Crippen LogP contribution in [-0.2, 0) is 14.3 Å². The highest BCUT2D eigenvalue weighted by Crippen LogP contribution is 2.44. The molecule has 2 amide bonds. The van der Waals surface area contributed by atoms with E-state index in [1.807, 2.05) is 54.6 Å². The SMILES string of the molecule is CC[C@@H](CC(=O)O)NC(=O)C(CCCC#N)NC(=O)OCC1c2ccccc2-c2ccccc21. The summed E-state index contributed by atoms with van der Waals surface area (Å²) in [5, 5.41) is 23.1. The van der Waals surface area contributed by atoms with E-state index in [0.29, 0.717) is 12.8 Å². The second kappa shape index (κ2) is 11.8. The van der Waals surface area contributed by atoms with Gasteiger partial charge in [0.05, 0.1) is 12.5 Å². The Kier molecular flexibility index (Phi) is 8.63. The van der Waals surface area contributed by atoms with Gasteiger partial charge >= 0.3 is 12.1 Å². The van der Waals surface area contributed by atoms with Crippen LogP contribution in [0.4, 0.5) is 4.79 Å². The Bertz CT molecular complexity index is 1030. The molecular weight excluding hydrogens is 434 g/mol. The molecule has 34 heavy (non-hydrogen) atoms. The van der Waals surface area contributed by atoms with Crippen molar-refractivity contribution in [2.75, 3.05) is 6.61 Å². The van der Waals surface area contributed by atoms with Gasteiger partial charge in [0.25, 0.3) is 0 Å². The van der Waals surface area contributed by atoms with Gasteiger partial charge in [0.2, 0.25) is 5.91 Å². The zero-order valence-corrected chi connectivity index (χ0v) is 19.1. The van der Waals surface area contributed by atoms with Crippen LogP contribution in [0.3, 0.4) is 0 Å². The van der Waals surface area contributed by atoms with Crippen LogP contribution >= 0.6 is 0 Å². The van der Waals surface area contributed by atoms with E-state index in [1.54, 1.807) is 6.92 Å². The second-order valence-electron chi connectivity index (χ2n) is 8.28. The Morgan fingerprint density at radius 1 is 1.06 bits per heavy atom. The number of amides is 2. The van der Waals surface area contributed by atoms with Crippen LogP contribution in [0.15, 0.2) is 48.5 Å². The molecule has 0 radical (unpaired) electrons. The highest BCUT2D eigenvalue weighted by atomic mass is 16.5. The monoisotopic (exact) mass is 463 g/mol. The van der Waals surface area contributed by atoms with E-state index in [0.717, 1.165) is 22.3 Å². The van der Waals surface area contributed by atoms with Crippen LogP contribution in [0.25, 0.3) is 11.1 Å². The Hall–Kier alpha value is -3.86. The van der Waals surface area contributed by atoms with Crippen molar-refractivity contribution in [2.45, 2.75) is 57.0 Å². The van der Waals surface area contributed by atoms with Crippen LogP contribution in [0, 0.1) is 11.3 Å². The Labute approximate surface area is 198 Å². The smallest absolute Gasteiger partial charge is 0.407 e. The number of carboxylic acid groups (broad SMARTS) is 1.